The smallest absolute Gasteiger partial charge is 0.410 e. The maximum absolute atomic E-state index is 12.1. The third-order valence-corrected chi connectivity index (χ3v) is 3.89. The summed E-state index contributed by atoms with van der Waals surface area (Å²) in [7, 11) is 0. The van der Waals surface area contributed by atoms with Gasteiger partial charge in [0.25, 0.3) is 0 Å². The molecule has 1 aromatic heterocycles. The van der Waals surface area contributed by atoms with Gasteiger partial charge in [-0.1, -0.05) is 0 Å². The van der Waals surface area contributed by atoms with E-state index in [1.54, 1.807) is 4.90 Å². The topological polar surface area (TPSA) is 73.4 Å². The summed E-state index contributed by atoms with van der Waals surface area (Å²) in [5.41, 5.74) is 7.60. The maximum atomic E-state index is 12.1. The van der Waals surface area contributed by atoms with Crippen molar-refractivity contribution in [1.82, 2.24) is 14.7 Å². The van der Waals surface area contributed by atoms with E-state index in [9.17, 15) is 4.79 Å². The SMILES string of the molecule is CC(C)(C)OC(=O)N1Cc2nn(C3CCC3)c(N)c2C1. The summed E-state index contributed by atoms with van der Waals surface area (Å²) < 4.78 is 7.33. The molecule has 0 bridgehead atoms. The number of amides is 1. The lowest BCUT2D eigenvalue weighted by Gasteiger charge is -2.27. The molecular weight excluding hydrogens is 256 g/mol. The Morgan fingerprint density at radius 3 is 2.55 bits per heavy atom. The number of hydrogen-bond donors (Lipinski definition) is 1. The molecule has 2 heterocycles. The number of carbonyl (C=O) groups is 1. The highest BCUT2D eigenvalue weighted by molar-refractivity contribution is 5.70. The van der Waals surface area contributed by atoms with Gasteiger partial charge in [-0.15, -0.1) is 0 Å². The highest BCUT2D eigenvalue weighted by Crippen LogP contribution is 2.37. The highest BCUT2D eigenvalue weighted by atomic mass is 16.6. The first kappa shape index (κ1) is 13.3. The van der Waals surface area contributed by atoms with Crippen LogP contribution in [-0.4, -0.2) is 26.4 Å². The fraction of sp³-hybridized carbons (Fsp3) is 0.714. The van der Waals surface area contributed by atoms with Crippen molar-refractivity contribution in [3.05, 3.63) is 11.3 Å². The summed E-state index contributed by atoms with van der Waals surface area (Å²) in [6, 6.07) is 0.454. The lowest BCUT2D eigenvalue weighted by atomic mass is 9.93. The molecule has 1 fully saturated rings. The van der Waals surface area contributed by atoms with Gasteiger partial charge in [0, 0.05) is 5.56 Å². The Bertz CT molecular complexity index is 540. The number of fused-ring (bicyclic) bond motifs is 1. The largest absolute Gasteiger partial charge is 0.444 e. The quantitative estimate of drug-likeness (QED) is 0.856. The van der Waals surface area contributed by atoms with Crippen molar-refractivity contribution < 1.29 is 9.53 Å². The number of nitrogen functional groups attached to an aromatic ring is 1. The molecule has 1 amide bonds. The zero-order valence-electron chi connectivity index (χ0n) is 12.3. The Balaban J connectivity index is 1.72. The van der Waals surface area contributed by atoms with Crippen molar-refractivity contribution in [2.24, 2.45) is 0 Å². The Morgan fingerprint density at radius 1 is 1.35 bits per heavy atom. The number of nitrogens with two attached hydrogens (primary N) is 1. The van der Waals surface area contributed by atoms with Gasteiger partial charge < -0.3 is 10.5 Å². The zero-order chi connectivity index (χ0) is 14.5. The number of nitrogens with zero attached hydrogens (tertiary/aromatic N) is 3. The van der Waals surface area contributed by atoms with E-state index in [0.29, 0.717) is 19.1 Å². The molecule has 20 heavy (non-hydrogen) atoms. The average Bonchev–Trinajstić information content (AvgIpc) is 2.76. The van der Waals surface area contributed by atoms with Crippen LogP contribution in [0.3, 0.4) is 0 Å². The Kier molecular flexibility index (Phi) is 2.92. The molecule has 2 N–H and O–H groups in total. The first-order valence-corrected chi connectivity index (χ1v) is 7.19. The van der Waals surface area contributed by atoms with Crippen LogP contribution in [0.25, 0.3) is 0 Å². The number of anilines is 1. The minimum Gasteiger partial charge on any atom is -0.444 e. The van der Waals surface area contributed by atoms with Crippen LogP contribution in [0.4, 0.5) is 10.6 Å². The minimum atomic E-state index is -0.478. The van der Waals surface area contributed by atoms with Crippen molar-refractivity contribution in [2.45, 2.75) is 64.8 Å². The van der Waals surface area contributed by atoms with Crippen molar-refractivity contribution in [1.29, 1.82) is 0 Å². The van der Waals surface area contributed by atoms with Gasteiger partial charge in [-0.2, -0.15) is 5.10 Å². The van der Waals surface area contributed by atoms with E-state index in [4.69, 9.17) is 10.5 Å². The summed E-state index contributed by atoms with van der Waals surface area (Å²) in [4.78, 5) is 13.7. The fourth-order valence-corrected chi connectivity index (χ4v) is 2.62. The Labute approximate surface area is 118 Å². The number of carbonyl (C=O) groups excluding carboxylic acids is 1. The van der Waals surface area contributed by atoms with Crippen molar-refractivity contribution in [3.63, 3.8) is 0 Å². The van der Waals surface area contributed by atoms with Crippen LogP contribution in [0.5, 0.6) is 0 Å². The molecule has 1 aromatic rings. The molecule has 6 heteroatoms. The summed E-state index contributed by atoms with van der Waals surface area (Å²) in [5.74, 6) is 0.718. The normalized spacial score (nSPS) is 18.9. The van der Waals surface area contributed by atoms with Gasteiger partial charge in [-0.05, 0) is 40.0 Å². The van der Waals surface area contributed by atoms with E-state index < -0.39 is 5.60 Å². The second-order valence-corrected chi connectivity index (χ2v) is 6.68. The van der Waals surface area contributed by atoms with Gasteiger partial charge in [0.2, 0.25) is 0 Å². The lowest BCUT2D eigenvalue weighted by Crippen LogP contribution is -2.34. The summed E-state index contributed by atoms with van der Waals surface area (Å²) >= 11 is 0. The lowest BCUT2D eigenvalue weighted by molar-refractivity contribution is 0.0239. The van der Waals surface area contributed by atoms with Crippen molar-refractivity contribution in [2.75, 3.05) is 5.73 Å². The predicted molar refractivity (Wildman–Crippen MR) is 75.0 cm³/mol. The van der Waals surface area contributed by atoms with E-state index in [0.717, 1.165) is 29.9 Å². The van der Waals surface area contributed by atoms with Crippen molar-refractivity contribution in [3.8, 4) is 0 Å². The molecule has 1 aliphatic heterocycles. The van der Waals surface area contributed by atoms with Crippen LogP contribution in [-0.2, 0) is 17.8 Å². The molecular formula is C14H22N4O2. The molecule has 0 saturated heterocycles. The van der Waals surface area contributed by atoms with E-state index in [-0.39, 0.29) is 6.09 Å². The average molecular weight is 278 g/mol. The molecule has 3 rings (SSSR count). The molecule has 0 aromatic carbocycles. The first-order chi connectivity index (χ1) is 9.35. The number of rotatable bonds is 1. The van der Waals surface area contributed by atoms with E-state index in [1.165, 1.54) is 6.42 Å². The number of aromatic nitrogens is 2. The summed E-state index contributed by atoms with van der Waals surface area (Å²) in [5, 5.41) is 4.58. The zero-order valence-corrected chi connectivity index (χ0v) is 12.3. The predicted octanol–water partition coefficient (Wildman–Crippen LogP) is 2.44. The molecule has 0 spiro atoms. The Morgan fingerprint density at radius 2 is 2.05 bits per heavy atom. The molecule has 1 saturated carbocycles. The fourth-order valence-electron chi connectivity index (χ4n) is 2.62. The van der Waals surface area contributed by atoms with E-state index in [2.05, 4.69) is 5.10 Å². The van der Waals surface area contributed by atoms with E-state index >= 15 is 0 Å². The van der Waals surface area contributed by atoms with Crippen LogP contribution >= 0.6 is 0 Å². The molecule has 0 radical (unpaired) electrons. The van der Waals surface area contributed by atoms with Crippen LogP contribution < -0.4 is 5.73 Å². The molecule has 0 atom stereocenters. The molecule has 110 valence electrons. The second kappa shape index (κ2) is 4.40. The van der Waals surface area contributed by atoms with Crippen LogP contribution in [0.15, 0.2) is 0 Å². The molecule has 6 nitrogen and oxygen atoms in total. The summed E-state index contributed by atoms with van der Waals surface area (Å²) in [6.45, 7) is 6.60. The third kappa shape index (κ3) is 2.23. The molecule has 2 aliphatic rings. The summed E-state index contributed by atoms with van der Waals surface area (Å²) in [6.07, 6.45) is 3.25. The highest BCUT2D eigenvalue weighted by Gasteiger charge is 2.34. The van der Waals surface area contributed by atoms with Crippen LogP contribution in [0.1, 0.15) is 57.3 Å². The van der Waals surface area contributed by atoms with Gasteiger partial charge in [0.15, 0.2) is 0 Å². The second-order valence-electron chi connectivity index (χ2n) is 6.68. The van der Waals surface area contributed by atoms with Crippen LogP contribution in [0.2, 0.25) is 0 Å². The van der Waals surface area contributed by atoms with Gasteiger partial charge >= 0.3 is 6.09 Å². The van der Waals surface area contributed by atoms with Gasteiger partial charge in [-0.3, -0.25) is 4.90 Å². The van der Waals surface area contributed by atoms with Gasteiger partial charge in [0.1, 0.15) is 11.4 Å². The standard InChI is InChI=1S/C14H22N4O2/c1-14(2,3)20-13(19)17-7-10-11(8-17)16-18(12(10)15)9-5-4-6-9/h9H,4-8,15H2,1-3H3. The minimum absolute atomic E-state index is 0.301. The van der Waals surface area contributed by atoms with E-state index in [1.807, 2.05) is 25.5 Å². The van der Waals surface area contributed by atoms with Gasteiger partial charge in [0.05, 0.1) is 24.8 Å². The monoisotopic (exact) mass is 278 g/mol. The van der Waals surface area contributed by atoms with Crippen molar-refractivity contribution >= 4 is 11.9 Å². The van der Waals surface area contributed by atoms with Crippen LogP contribution in [0, 0.1) is 0 Å². The van der Waals surface area contributed by atoms with Gasteiger partial charge in [-0.25, -0.2) is 9.48 Å². The molecule has 1 aliphatic carbocycles. The first-order valence-electron chi connectivity index (χ1n) is 7.19. The molecule has 0 unspecified atom stereocenters. The Hall–Kier alpha value is -1.72. The maximum Gasteiger partial charge on any atom is 0.410 e. The number of hydrogen-bond acceptors (Lipinski definition) is 4. The third-order valence-electron chi connectivity index (χ3n) is 3.89. The number of ether oxygens (including phenoxy) is 1.